The van der Waals surface area contributed by atoms with Crippen molar-refractivity contribution in [2.75, 3.05) is 0 Å². The molecule has 0 radical (unpaired) electrons. The molecule has 4 rings (SSSR count). The van der Waals surface area contributed by atoms with E-state index in [1.165, 1.54) is 0 Å². The fourth-order valence-corrected chi connectivity index (χ4v) is 3.21. The Bertz CT molecular complexity index is 1090. The van der Waals surface area contributed by atoms with Crippen LogP contribution in [-0.4, -0.2) is 16.3 Å². The first-order valence-corrected chi connectivity index (χ1v) is 7.81. The molecular weight excluding hydrogens is 298 g/mol. The second-order valence-electron chi connectivity index (χ2n) is 5.80. The van der Waals surface area contributed by atoms with Crippen molar-refractivity contribution in [1.82, 2.24) is 4.57 Å². The minimum absolute atomic E-state index is 0.0165. The van der Waals surface area contributed by atoms with Gasteiger partial charge in [-0.2, -0.15) is 0 Å². The van der Waals surface area contributed by atoms with Gasteiger partial charge in [-0.25, -0.2) is 0 Å². The Hall–Kier alpha value is -3.20. The maximum Gasteiger partial charge on any atom is 0.228 e. The Morgan fingerprint density at radius 1 is 0.708 bits per heavy atom. The lowest BCUT2D eigenvalue weighted by atomic mass is 10.0. The summed E-state index contributed by atoms with van der Waals surface area (Å²) >= 11 is 0. The first kappa shape index (κ1) is 14.4. The van der Waals surface area contributed by atoms with E-state index < -0.39 is 0 Å². The number of hydrogen-bond donors (Lipinski definition) is 0. The van der Waals surface area contributed by atoms with Crippen LogP contribution in [0.25, 0.3) is 21.8 Å². The smallest absolute Gasteiger partial charge is 0.228 e. The molecule has 0 aliphatic rings. The Balaban J connectivity index is 1.98. The van der Waals surface area contributed by atoms with Gasteiger partial charge in [-0.15, -0.1) is 0 Å². The van der Waals surface area contributed by atoms with Crippen LogP contribution in [0.4, 0.5) is 0 Å². The molecule has 4 aromatic rings. The largest absolute Gasteiger partial charge is 0.289 e. The van der Waals surface area contributed by atoms with Gasteiger partial charge in [-0.05, 0) is 24.3 Å². The van der Waals surface area contributed by atoms with Crippen LogP contribution in [0.2, 0.25) is 0 Å². The van der Waals surface area contributed by atoms with Crippen molar-refractivity contribution in [2.45, 2.75) is 6.92 Å². The zero-order valence-corrected chi connectivity index (χ0v) is 13.2. The normalized spacial score (nSPS) is 11.0. The molecule has 0 amide bonds. The molecule has 1 heterocycles. The fourth-order valence-electron chi connectivity index (χ4n) is 3.21. The van der Waals surface area contributed by atoms with Gasteiger partial charge in [-0.3, -0.25) is 14.2 Å². The summed E-state index contributed by atoms with van der Waals surface area (Å²) in [5, 5.41) is 1.90. The average molecular weight is 313 g/mol. The Labute approximate surface area is 139 Å². The highest BCUT2D eigenvalue weighted by atomic mass is 16.1. The summed E-state index contributed by atoms with van der Waals surface area (Å²) in [6.45, 7) is 1.55. The van der Waals surface area contributed by atoms with Gasteiger partial charge < -0.3 is 0 Å². The minimum atomic E-state index is -0.0386. The van der Waals surface area contributed by atoms with Gasteiger partial charge in [-0.1, -0.05) is 48.5 Å². The third kappa shape index (κ3) is 2.14. The SMILES string of the molecule is CC(=O)n1c2ccccc2c2cc(C(=O)c3ccccc3)ccc21. The molecule has 0 saturated carbocycles. The molecule has 0 atom stereocenters. The lowest BCUT2D eigenvalue weighted by Gasteiger charge is -2.03. The third-order valence-corrected chi connectivity index (χ3v) is 4.29. The summed E-state index contributed by atoms with van der Waals surface area (Å²) in [6, 6.07) is 22.5. The lowest BCUT2D eigenvalue weighted by Crippen LogP contribution is -2.05. The van der Waals surface area contributed by atoms with Gasteiger partial charge in [0.15, 0.2) is 5.78 Å². The highest BCUT2D eigenvalue weighted by Gasteiger charge is 2.16. The van der Waals surface area contributed by atoms with Crippen LogP contribution in [-0.2, 0) is 0 Å². The Kier molecular flexibility index (Phi) is 3.28. The lowest BCUT2D eigenvalue weighted by molar-refractivity contribution is 0.0945. The van der Waals surface area contributed by atoms with Crippen molar-refractivity contribution in [3.8, 4) is 0 Å². The summed E-state index contributed by atoms with van der Waals surface area (Å²) < 4.78 is 1.70. The molecule has 0 spiro atoms. The van der Waals surface area contributed by atoms with E-state index in [2.05, 4.69) is 0 Å². The molecule has 116 valence electrons. The monoisotopic (exact) mass is 313 g/mol. The quantitative estimate of drug-likeness (QED) is 0.504. The number of benzene rings is 3. The topological polar surface area (TPSA) is 39.1 Å². The van der Waals surface area contributed by atoms with Gasteiger partial charge in [0.05, 0.1) is 11.0 Å². The molecule has 24 heavy (non-hydrogen) atoms. The van der Waals surface area contributed by atoms with E-state index in [4.69, 9.17) is 0 Å². The molecule has 3 nitrogen and oxygen atoms in total. The van der Waals surface area contributed by atoms with E-state index in [9.17, 15) is 9.59 Å². The minimum Gasteiger partial charge on any atom is -0.289 e. The standard InChI is InChI=1S/C21H15NO2/c1-14(23)22-19-10-6-5-9-17(19)18-13-16(11-12-20(18)22)21(24)15-7-3-2-4-8-15/h2-13H,1H3. The number of fused-ring (bicyclic) bond motifs is 3. The first-order valence-electron chi connectivity index (χ1n) is 7.81. The third-order valence-electron chi connectivity index (χ3n) is 4.29. The van der Waals surface area contributed by atoms with Crippen molar-refractivity contribution >= 4 is 33.5 Å². The van der Waals surface area contributed by atoms with Crippen LogP contribution in [0.15, 0.2) is 72.8 Å². The van der Waals surface area contributed by atoms with Crippen molar-refractivity contribution < 1.29 is 9.59 Å². The molecule has 1 aromatic heterocycles. The molecule has 0 saturated heterocycles. The highest BCUT2D eigenvalue weighted by molar-refractivity contribution is 6.17. The second kappa shape index (κ2) is 5.46. The number of ketones is 1. The number of rotatable bonds is 2. The summed E-state index contributed by atoms with van der Waals surface area (Å²) in [7, 11) is 0. The molecule has 0 unspecified atom stereocenters. The maximum atomic E-state index is 12.7. The number of para-hydroxylation sites is 1. The highest BCUT2D eigenvalue weighted by Crippen LogP contribution is 2.30. The van der Waals surface area contributed by atoms with E-state index in [1.807, 2.05) is 66.7 Å². The molecule has 0 fully saturated rings. The van der Waals surface area contributed by atoms with Gasteiger partial charge in [0.1, 0.15) is 0 Å². The van der Waals surface area contributed by atoms with Crippen LogP contribution in [0.5, 0.6) is 0 Å². The van der Waals surface area contributed by atoms with Crippen LogP contribution >= 0.6 is 0 Å². The van der Waals surface area contributed by atoms with Crippen LogP contribution in [0.3, 0.4) is 0 Å². The van der Waals surface area contributed by atoms with Gasteiger partial charge in [0.25, 0.3) is 0 Å². The first-order chi connectivity index (χ1) is 11.7. The number of carbonyl (C=O) groups excluding carboxylic acids is 2. The van der Waals surface area contributed by atoms with Gasteiger partial charge >= 0.3 is 0 Å². The zero-order valence-electron chi connectivity index (χ0n) is 13.2. The average Bonchev–Trinajstić information content (AvgIpc) is 2.95. The zero-order chi connectivity index (χ0) is 16.7. The molecule has 0 aliphatic heterocycles. The molecule has 3 heteroatoms. The maximum absolute atomic E-state index is 12.7. The predicted octanol–water partition coefficient (Wildman–Crippen LogP) is 4.69. The van der Waals surface area contributed by atoms with E-state index in [0.29, 0.717) is 11.1 Å². The Morgan fingerprint density at radius 3 is 2.12 bits per heavy atom. The number of aromatic nitrogens is 1. The van der Waals surface area contributed by atoms with Crippen LogP contribution in [0.1, 0.15) is 27.6 Å². The number of nitrogens with zero attached hydrogens (tertiary/aromatic N) is 1. The van der Waals surface area contributed by atoms with E-state index >= 15 is 0 Å². The predicted molar refractivity (Wildman–Crippen MR) is 95.6 cm³/mol. The molecule has 0 bridgehead atoms. The van der Waals surface area contributed by atoms with Gasteiger partial charge in [0.2, 0.25) is 5.91 Å². The van der Waals surface area contributed by atoms with E-state index in [0.717, 1.165) is 21.8 Å². The van der Waals surface area contributed by atoms with Crippen molar-refractivity contribution in [3.63, 3.8) is 0 Å². The summed E-state index contributed by atoms with van der Waals surface area (Å²) in [4.78, 5) is 24.8. The van der Waals surface area contributed by atoms with Crippen molar-refractivity contribution in [1.29, 1.82) is 0 Å². The summed E-state index contributed by atoms with van der Waals surface area (Å²) in [6.07, 6.45) is 0. The molecule has 0 N–H and O–H groups in total. The molecular formula is C21H15NO2. The second-order valence-corrected chi connectivity index (χ2v) is 5.80. The number of hydrogen-bond acceptors (Lipinski definition) is 2. The fraction of sp³-hybridized carbons (Fsp3) is 0.0476. The van der Waals surface area contributed by atoms with Crippen molar-refractivity contribution in [2.24, 2.45) is 0 Å². The Morgan fingerprint density at radius 2 is 1.38 bits per heavy atom. The summed E-state index contributed by atoms with van der Waals surface area (Å²) in [5.74, 6) is -0.0551. The van der Waals surface area contributed by atoms with E-state index in [1.54, 1.807) is 17.6 Å². The van der Waals surface area contributed by atoms with Crippen LogP contribution < -0.4 is 0 Å². The molecule has 0 aliphatic carbocycles. The van der Waals surface area contributed by atoms with E-state index in [-0.39, 0.29) is 11.7 Å². The van der Waals surface area contributed by atoms with Gasteiger partial charge in [0, 0.05) is 28.8 Å². The van der Waals surface area contributed by atoms with Crippen molar-refractivity contribution in [3.05, 3.63) is 83.9 Å². The summed E-state index contributed by atoms with van der Waals surface area (Å²) in [5.41, 5.74) is 2.98. The number of carbonyl (C=O) groups is 2. The molecule has 3 aromatic carbocycles. The van der Waals surface area contributed by atoms with Crippen LogP contribution in [0, 0.1) is 0 Å².